The van der Waals surface area contributed by atoms with Gasteiger partial charge in [-0.2, -0.15) is 0 Å². The van der Waals surface area contributed by atoms with Crippen LogP contribution in [0.15, 0.2) is 52.2 Å². The van der Waals surface area contributed by atoms with Crippen LogP contribution in [0, 0.1) is 0 Å². The molecule has 0 unspecified atom stereocenters. The van der Waals surface area contributed by atoms with Gasteiger partial charge in [0, 0.05) is 12.2 Å². The van der Waals surface area contributed by atoms with Gasteiger partial charge in [-0.15, -0.1) is 0 Å². The predicted octanol–water partition coefficient (Wildman–Crippen LogP) is 4.60. The van der Waals surface area contributed by atoms with E-state index >= 15 is 0 Å². The monoisotopic (exact) mass is 432 g/mol. The van der Waals surface area contributed by atoms with Crippen LogP contribution < -0.4 is 14.3 Å². The van der Waals surface area contributed by atoms with E-state index in [1.807, 2.05) is 6.92 Å². The fourth-order valence-corrected chi connectivity index (χ4v) is 5.78. The topological polar surface area (TPSA) is 77.4 Å². The van der Waals surface area contributed by atoms with Crippen LogP contribution in [-0.2, 0) is 16.6 Å². The van der Waals surface area contributed by atoms with Gasteiger partial charge in [0.2, 0.25) is 0 Å². The van der Waals surface area contributed by atoms with E-state index in [-0.39, 0.29) is 15.9 Å². The summed E-state index contributed by atoms with van der Waals surface area (Å²) in [5.41, 5.74) is 1.25. The molecular weight excluding hydrogens is 408 g/mol. The number of rotatable bonds is 7. The highest BCUT2D eigenvalue weighted by Crippen LogP contribution is 2.27. The van der Waals surface area contributed by atoms with E-state index in [2.05, 4.69) is 4.72 Å². The van der Waals surface area contributed by atoms with Crippen molar-refractivity contribution in [2.45, 2.75) is 56.6 Å². The molecule has 0 radical (unpaired) electrons. The van der Waals surface area contributed by atoms with Crippen molar-refractivity contribution >= 4 is 37.3 Å². The van der Waals surface area contributed by atoms with E-state index in [1.54, 1.807) is 47.0 Å². The van der Waals surface area contributed by atoms with Gasteiger partial charge in [-0.3, -0.25) is 14.1 Å². The zero-order valence-electron chi connectivity index (χ0n) is 16.3. The summed E-state index contributed by atoms with van der Waals surface area (Å²) in [6.45, 7) is 2.63. The van der Waals surface area contributed by atoms with E-state index in [0.717, 1.165) is 41.9 Å². The average Bonchev–Trinajstić information content (AvgIpc) is 3.31. The van der Waals surface area contributed by atoms with Crippen LogP contribution in [0.3, 0.4) is 0 Å². The highest BCUT2D eigenvalue weighted by molar-refractivity contribution is 7.92. The Morgan fingerprint density at radius 1 is 1.14 bits per heavy atom. The van der Waals surface area contributed by atoms with Gasteiger partial charge in [0.25, 0.3) is 10.0 Å². The molecule has 1 aromatic heterocycles. The van der Waals surface area contributed by atoms with Crippen molar-refractivity contribution in [3.05, 3.63) is 52.1 Å². The lowest BCUT2D eigenvalue weighted by Gasteiger charge is -2.14. The molecule has 0 spiro atoms. The number of nitrogens with one attached hydrogen (secondary N) is 1. The van der Waals surface area contributed by atoms with Gasteiger partial charge in [0.15, 0.2) is 0 Å². The van der Waals surface area contributed by atoms with Gasteiger partial charge < -0.3 is 4.74 Å². The number of benzene rings is 2. The summed E-state index contributed by atoms with van der Waals surface area (Å²) >= 11 is 1.07. The summed E-state index contributed by atoms with van der Waals surface area (Å²) < 4.78 is 36.5. The van der Waals surface area contributed by atoms with Crippen molar-refractivity contribution in [2.75, 3.05) is 4.72 Å². The van der Waals surface area contributed by atoms with Crippen LogP contribution in [0.5, 0.6) is 5.75 Å². The number of hydrogen-bond acceptors (Lipinski definition) is 5. The van der Waals surface area contributed by atoms with Gasteiger partial charge in [-0.1, -0.05) is 18.3 Å². The van der Waals surface area contributed by atoms with Gasteiger partial charge in [0.1, 0.15) is 5.75 Å². The minimum atomic E-state index is -3.75. The number of sulfonamides is 1. The number of nitrogens with zero attached hydrogens (tertiary/aromatic N) is 1. The standard InChI is InChI=1S/C21H24N2O4S2/c1-2-13-23-19-12-11-18(14-20(19)28-21(23)24)29(25,26)22-15-7-9-17(10-8-15)27-16-5-3-4-6-16/h7-12,14,16,22H,2-6,13H2,1H3. The fourth-order valence-electron chi connectivity index (χ4n) is 3.66. The van der Waals surface area contributed by atoms with Gasteiger partial charge in [-0.25, -0.2) is 8.42 Å². The van der Waals surface area contributed by atoms with Crippen molar-refractivity contribution in [2.24, 2.45) is 0 Å². The zero-order valence-corrected chi connectivity index (χ0v) is 17.9. The number of fused-ring (bicyclic) bond motifs is 1. The SMILES string of the molecule is CCCn1c(=O)sc2cc(S(=O)(=O)Nc3ccc(OC4CCCC4)cc3)ccc21. The van der Waals surface area contributed by atoms with Crippen LogP contribution in [0.1, 0.15) is 39.0 Å². The molecule has 3 aromatic rings. The van der Waals surface area contributed by atoms with Crippen molar-refractivity contribution in [3.8, 4) is 5.75 Å². The summed E-state index contributed by atoms with van der Waals surface area (Å²) in [6, 6.07) is 11.8. The summed E-state index contributed by atoms with van der Waals surface area (Å²) in [5, 5.41) is 0. The molecule has 4 rings (SSSR count). The number of anilines is 1. The van der Waals surface area contributed by atoms with Crippen LogP contribution in [0.2, 0.25) is 0 Å². The van der Waals surface area contributed by atoms with Crippen LogP contribution in [0.25, 0.3) is 10.2 Å². The fraction of sp³-hybridized carbons (Fsp3) is 0.381. The average molecular weight is 433 g/mol. The lowest BCUT2D eigenvalue weighted by molar-refractivity contribution is 0.210. The maximum absolute atomic E-state index is 12.8. The van der Waals surface area contributed by atoms with Crippen molar-refractivity contribution < 1.29 is 13.2 Å². The second kappa shape index (κ2) is 8.20. The van der Waals surface area contributed by atoms with Crippen molar-refractivity contribution in [3.63, 3.8) is 0 Å². The molecule has 1 N–H and O–H groups in total. The molecule has 1 saturated carbocycles. The third kappa shape index (κ3) is 4.33. The molecule has 0 aliphatic heterocycles. The number of aryl methyl sites for hydroxylation is 1. The predicted molar refractivity (Wildman–Crippen MR) is 117 cm³/mol. The summed E-state index contributed by atoms with van der Waals surface area (Å²) in [4.78, 5) is 12.2. The number of ether oxygens (including phenoxy) is 1. The van der Waals surface area contributed by atoms with E-state index in [0.29, 0.717) is 16.9 Å². The molecule has 154 valence electrons. The Morgan fingerprint density at radius 3 is 2.55 bits per heavy atom. The summed E-state index contributed by atoms with van der Waals surface area (Å²) in [7, 11) is -3.75. The third-order valence-electron chi connectivity index (χ3n) is 5.11. The number of thiazole rings is 1. The quantitative estimate of drug-likeness (QED) is 0.592. The van der Waals surface area contributed by atoms with Crippen LogP contribution in [0.4, 0.5) is 5.69 Å². The molecule has 8 heteroatoms. The maximum Gasteiger partial charge on any atom is 0.308 e. The molecule has 1 heterocycles. The Kier molecular flexibility index (Phi) is 5.65. The highest BCUT2D eigenvalue weighted by atomic mass is 32.2. The normalized spacial score (nSPS) is 15.1. The van der Waals surface area contributed by atoms with Gasteiger partial charge >= 0.3 is 4.87 Å². The van der Waals surface area contributed by atoms with Gasteiger partial charge in [-0.05, 0) is 74.6 Å². The molecule has 1 fully saturated rings. The largest absolute Gasteiger partial charge is 0.490 e. The molecule has 0 atom stereocenters. The Bertz CT molecular complexity index is 1160. The minimum absolute atomic E-state index is 0.0674. The van der Waals surface area contributed by atoms with Crippen LogP contribution in [-0.4, -0.2) is 19.1 Å². The van der Waals surface area contributed by atoms with E-state index in [9.17, 15) is 13.2 Å². The summed E-state index contributed by atoms with van der Waals surface area (Å²) in [6.07, 6.45) is 5.64. The molecule has 2 aromatic carbocycles. The molecule has 6 nitrogen and oxygen atoms in total. The Labute approximate surface area is 174 Å². The Balaban J connectivity index is 1.53. The lowest BCUT2D eigenvalue weighted by atomic mass is 10.3. The first kappa shape index (κ1) is 20.0. The Hall–Kier alpha value is -2.32. The highest BCUT2D eigenvalue weighted by Gasteiger charge is 2.18. The van der Waals surface area contributed by atoms with E-state index in [4.69, 9.17) is 4.74 Å². The maximum atomic E-state index is 12.8. The summed E-state index contributed by atoms with van der Waals surface area (Å²) in [5.74, 6) is 0.753. The second-order valence-electron chi connectivity index (χ2n) is 7.30. The van der Waals surface area contributed by atoms with Crippen LogP contribution >= 0.6 is 11.3 Å². The van der Waals surface area contributed by atoms with E-state index < -0.39 is 10.0 Å². The molecular formula is C21H24N2O4S2. The smallest absolute Gasteiger partial charge is 0.308 e. The molecule has 1 aliphatic carbocycles. The molecule has 0 amide bonds. The first-order valence-corrected chi connectivity index (χ1v) is 12.2. The molecule has 1 aliphatic rings. The van der Waals surface area contributed by atoms with Gasteiger partial charge in [0.05, 0.1) is 21.2 Å². The molecule has 0 saturated heterocycles. The first-order chi connectivity index (χ1) is 14.0. The van der Waals surface area contributed by atoms with Crippen molar-refractivity contribution in [1.29, 1.82) is 0 Å². The molecule has 29 heavy (non-hydrogen) atoms. The minimum Gasteiger partial charge on any atom is -0.490 e. The third-order valence-corrected chi connectivity index (χ3v) is 7.43. The van der Waals surface area contributed by atoms with E-state index in [1.165, 1.54) is 12.8 Å². The molecule has 0 bridgehead atoms. The zero-order chi connectivity index (χ0) is 20.4. The first-order valence-electron chi connectivity index (χ1n) is 9.89. The number of aromatic nitrogens is 1. The lowest BCUT2D eigenvalue weighted by Crippen LogP contribution is -2.14. The Morgan fingerprint density at radius 2 is 1.86 bits per heavy atom. The number of hydrogen-bond donors (Lipinski definition) is 1. The second-order valence-corrected chi connectivity index (χ2v) is 9.98. The van der Waals surface area contributed by atoms with Crippen molar-refractivity contribution in [1.82, 2.24) is 4.57 Å².